The first-order valence-electron chi connectivity index (χ1n) is 11.9. The Morgan fingerprint density at radius 2 is 2.06 bits per heavy atom. The molecule has 0 bridgehead atoms. The molecule has 1 aliphatic rings. The molecule has 2 aromatic rings. The molecule has 0 saturated carbocycles. The first-order valence-corrected chi connectivity index (χ1v) is 12.8. The van der Waals surface area contributed by atoms with Crippen LogP contribution < -0.4 is 10.1 Å². The molecule has 6 nitrogen and oxygen atoms in total. The number of ether oxygens (including phenoxy) is 1. The zero-order valence-corrected chi connectivity index (χ0v) is 21.3. The van der Waals surface area contributed by atoms with E-state index in [1.807, 2.05) is 30.9 Å². The molecule has 1 N–H and O–H groups in total. The van der Waals surface area contributed by atoms with Crippen LogP contribution in [0.5, 0.6) is 5.75 Å². The van der Waals surface area contributed by atoms with Crippen LogP contribution in [0.15, 0.2) is 29.6 Å². The zero-order valence-electron chi connectivity index (χ0n) is 20.5. The zero-order chi connectivity index (χ0) is 24.0. The van der Waals surface area contributed by atoms with Gasteiger partial charge in [-0.25, -0.2) is 4.79 Å². The number of carbonyl (C=O) groups excluding carboxylic acids is 2. The SMILES string of the molecule is CCNC(=O)N(CC(=O)N1CCc2sccc2C1COc1ccc(C)cc1C)CC(C)CC. The molecule has 1 aromatic carbocycles. The van der Waals surface area contributed by atoms with Crippen molar-refractivity contribution in [3.63, 3.8) is 0 Å². The summed E-state index contributed by atoms with van der Waals surface area (Å²) in [5, 5.41) is 4.95. The number of thiophene rings is 1. The number of nitrogens with one attached hydrogen (secondary N) is 1. The number of amides is 3. The fraction of sp³-hybridized carbons (Fsp3) is 0.538. The number of aryl methyl sites for hydroxylation is 2. The number of nitrogens with zero attached hydrogens (tertiary/aromatic N) is 2. The van der Waals surface area contributed by atoms with Gasteiger partial charge in [0.2, 0.25) is 5.91 Å². The summed E-state index contributed by atoms with van der Waals surface area (Å²) >= 11 is 1.74. The Morgan fingerprint density at radius 3 is 2.76 bits per heavy atom. The molecule has 1 aliphatic heterocycles. The van der Waals surface area contributed by atoms with E-state index in [2.05, 4.69) is 43.6 Å². The molecular weight excluding hydrogens is 434 g/mol. The van der Waals surface area contributed by atoms with Crippen LogP contribution in [0.4, 0.5) is 4.79 Å². The van der Waals surface area contributed by atoms with E-state index in [1.165, 1.54) is 10.4 Å². The second-order valence-electron chi connectivity index (χ2n) is 8.96. The smallest absolute Gasteiger partial charge is 0.317 e. The fourth-order valence-electron chi connectivity index (χ4n) is 4.25. The van der Waals surface area contributed by atoms with Crippen molar-refractivity contribution in [3.8, 4) is 5.75 Å². The summed E-state index contributed by atoms with van der Waals surface area (Å²) in [5.41, 5.74) is 3.45. The average molecular weight is 472 g/mol. The Bertz CT molecular complexity index is 958. The van der Waals surface area contributed by atoms with Crippen molar-refractivity contribution in [2.45, 2.75) is 53.5 Å². The fourth-order valence-corrected chi connectivity index (χ4v) is 5.17. The Hall–Kier alpha value is -2.54. The van der Waals surface area contributed by atoms with Gasteiger partial charge in [0, 0.05) is 24.5 Å². The van der Waals surface area contributed by atoms with E-state index < -0.39 is 0 Å². The third kappa shape index (κ3) is 6.28. The average Bonchev–Trinajstić information content (AvgIpc) is 3.27. The standard InChI is InChI=1S/C26H37N3O3S/c1-6-18(3)15-28(26(31)27-7-2)16-25(30)29-12-10-24-21(11-13-33-24)22(29)17-32-23-9-8-19(4)14-20(23)5/h8-9,11,13-14,18,22H,6-7,10,12,15-17H2,1-5H3,(H,27,31). The van der Waals surface area contributed by atoms with Gasteiger partial charge in [-0.3, -0.25) is 4.79 Å². The topological polar surface area (TPSA) is 61.9 Å². The molecule has 2 heterocycles. The number of hydrogen-bond acceptors (Lipinski definition) is 4. The molecule has 3 amide bonds. The van der Waals surface area contributed by atoms with Gasteiger partial charge in [-0.05, 0) is 61.7 Å². The predicted octanol–water partition coefficient (Wildman–Crippen LogP) is 4.95. The molecule has 0 fully saturated rings. The molecule has 2 unspecified atom stereocenters. The van der Waals surface area contributed by atoms with E-state index in [4.69, 9.17) is 4.74 Å². The van der Waals surface area contributed by atoms with Gasteiger partial charge in [0.1, 0.15) is 18.9 Å². The van der Waals surface area contributed by atoms with Gasteiger partial charge in [-0.15, -0.1) is 11.3 Å². The summed E-state index contributed by atoms with van der Waals surface area (Å²) in [6, 6.07) is 7.92. The summed E-state index contributed by atoms with van der Waals surface area (Å²) in [4.78, 5) is 31.0. The third-order valence-corrected chi connectivity index (χ3v) is 7.31. The highest BCUT2D eigenvalue weighted by molar-refractivity contribution is 7.10. The Kier molecular flexibility index (Phi) is 8.78. The minimum Gasteiger partial charge on any atom is -0.491 e. The summed E-state index contributed by atoms with van der Waals surface area (Å²) in [5.74, 6) is 1.14. The lowest BCUT2D eigenvalue weighted by atomic mass is 10.00. The highest BCUT2D eigenvalue weighted by atomic mass is 32.1. The molecule has 1 aromatic heterocycles. The monoisotopic (exact) mass is 471 g/mol. The van der Waals surface area contributed by atoms with Gasteiger partial charge in [0.05, 0.1) is 6.04 Å². The minimum atomic E-state index is -0.178. The maximum atomic E-state index is 13.5. The predicted molar refractivity (Wildman–Crippen MR) is 134 cm³/mol. The van der Waals surface area contributed by atoms with E-state index >= 15 is 0 Å². The van der Waals surface area contributed by atoms with Crippen molar-refractivity contribution in [2.24, 2.45) is 5.92 Å². The van der Waals surface area contributed by atoms with E-state index in [0.717, 1.165) is 29.7 Å². The summed E-state index contributed by atoms with van der Waals surface area (Å²) in [7, 11) is 0. The van der Waals surface area contributed by atoms with Crippen molar-refractivity contribution in [1.82, 2.24) is 15.1 Å². The maximum absolute atomic E-state index is 13.5. The van der Waals surface area contributed by atoms with Crippen molar-refractivity contribution in [2.75, 3.05) is 32.8 Å². The van der Waals surface area contributed by atoms with Gasteiger partial charge in [0.15, 0.2) is 0 Å². The molecule has 2 atom stereocenters. The summed E-state index contributed by atoms with van der Waals surface area (Å²) in [6.07, 6.45) is 1.80. The van der Waals surface area contributed by atoms with Crippen LogP contribution >= 0.6 is 11.3 Å². The first-order chi connectivity index (χ1) is 15.8. The highest BCUT2D eigenvalue weighted by Gasteiger charge is 2.33. The lowest BCUT2D eigenvalue weighted by Gasteiger charge is -2.37. The van der Waals surface area contributed by atoms with Crippen LogP contribution in [-0.2, 0) is 11.2 Å². The van der Waals surface area contributed by atoms with Gasteiger partial charge >= 0.3 is 6.03 Å². The number of hydrogen-bond donors (Lipinski definition) is 1. The number of urea groups is 1. The quantitative estimate of drug-likeness (QED) is 0.563. The molecule has 0 saturated heterocycles. The van der Waals surface area contributed by atoms with E-state index in [9.17, 15) is 9.59 Å². The lowest BCUT2D eigenvalue weighted by Crippen LogP contribution is -2.50. The largest absolute Gasteiger partial charge is 0.491 e. The van der Waals surface area contributed by atoms with Crippen LogP contribution in [0, 0.1) is 19.8 Å². The van der Waals surface area contributed by atoms with Crippen LogP contribution in [0.25, 0.3) is 0 Å². The number of rotatable bonds is 9. The van der Waals surface area contributed by atoms with Crippen LogP contribution in [-0.4, -0.2) is 54.5 Å². The van der Waals surface area contributed by atoms with Crippen molar-refractivity contribution >= 4 is 23.3 Å². The summed E-state index contributed by atoms with van der Waals surface area (Å²) < 4.78 is 6.23. The molecule has 180 valence electrons. The molecule has 7 heteroatoms. The molecule has 0 aliphatic carbocycles. The molecule has 0 radical (unpaired) electrons. The lowest BCUT2D eigenvalue weighted by molar-refractivity contribution is -0.135. The Morgan fingerprint density at radius 1 is 1.27 bits per heavy atom. The molecule has 3 rings (SSSR count). The second-order valence-corrected chi connectivity index (χ2v) is 9.96. The van der Waals surface area contributed by atoms with Crippen molar-refractivity contribution in [3.05, 3.63) is 51.2 Å². The highest BCUT2D eigenvalue weighted by Crippen LogP contribution is 2.34. The normalized spacial score (nSPS) is 16.2. The number of fused-ring (bicyclic) bond motifs is 1. The minimum absolute atomic E-state index is 0.0318. The van der Waals surface area contributed by atoms with E-state index in [0.29, 0.717) is 32.2 Å². The van der Waals surface area contributed by atoms with Crippen LogP contribution in [0.1, 0.15) is 54.8 Å². The van der Waals surface area contributed by atoms with E-state index in [1.54, 1.807) is 16.2 Å². The second kappa shape index (κ2) is 11.5. The van der Waals surface area contributed by atoms with E-state index in [-0.39, 0.29) is 24.5 Å². The first kappa shape index (κ1) is 25.1. The van der Waals surface area contributed by atoms with Crippen molar-refractivity contribution in [1.29, 1.82) is 0 Å². The van der Waals surface area contributed by atoms with Gasteiger partial charge in [-0.2, -0.15) is 0 Å². The molecule has 33 heavy (non-hydrogen) atoms. The Balaban J connectivity index is 1.78. The van der Waals surface area contributed by atoms with Gasteiger partial charge in [0.25, 0.3) is 0 Å². The molecular formula is C26H37N3O3S. The Labute approximate surface area is 201 Å². The number of carbonyl (C=O) groups is 2. The molecule has 0 spiro atoms. The van der Waals surface area contributed by atoms with Crippen molar-refractivity contribution < 1.29 is 14.3 Å². The third-order valence-electron chi connectivity index (χ3n) is 6.31. The number of benzene rings is 1. The van der Waals surface area contributed by atoms with Gasteiger partial charge < -0.3 is 19.9 Å². The summed E-state index contributed by atoms with van der Waals surface area (Å²) in [6.45, 7) is 12.4. The van der Waals surface area contributed by atoms with Crippen LogP contribution in [0.3, 0.4) is 0 Å². The maximum Gasteiger partial charge on any atom is 0.317 e. The van der Waals surface area contributed by atoms with Gasteiger partial charge in [-0.1, -0.05) is 38.0 Å². The van der Waals surface area contributed by atoms with Crippen LogP contribution in [0.2, 0.25) is 0 Å².